The van der Waals surface area contributed by atoms with Gasteiger partial charge in [0, 0.05) is 5.92 Å². The maximum Gasteiger partial charge on any atom is 0.282 e. The highest BCUT2D eigenvalue weighted by atomic mass is 16.5. The monoisotopic (exact) mass is 433 g/mol. The van der Waals surface area contributed by atoms with E-state index in [1.165, 1.54) is 11.1 Å². The van der Waals surface area contributed by atoms with Crippen LogP contribution in [-0.4, -0.2) is 29.1 Å². The van der Waals surface area contributed by atoms with Crippen molar-refractivity contribution in [1.82, 2.24) is 9.66 Å². The van der Waals surface area contributed by atoms with Crippen LogP contribution in [-0.2, 0) is 0 Å². The molecular weight excluding hydrogens is 402 g/mol. The Balaban J connectivity index is 1.73. The van der Waals surface area contributed by atoms with Crippen LogP contribution in [0.1, 0.15) is 69.7 Å². The lowest BCUT2D eigenvalue weighted by atomic mass is 9.88. The van der Waals surface area contributed by atoms with Gasteiger partial charge in [-0.15, -0.1) is 0 Å². The van der Waals surface area contributed by atoms with E-state index in [1.54, 1.807) is 13.3 Å². The summed E-state index contributed by atoms with van der Waals surface area (Å²) in [5, 5.41) is 5.19. The van der Waals surface area contributed by atoms with Gasteiger partial charge in [0.1, 0.15) is 5.82 Å². The summed E-state index contributed by atoms with van der Waals surface area (Å²) in [6.45, 7) is 4.11. The number of nitrogens with zero attached hydrogens (tertiary/aromatic N) is 3. The standard InChI is InChI=1S/C26H31N3O3/c1-4-18(2)32-23-15-14-19(16-24(23)31-3)17-27-29-25(20-10-6-5-7-11-20)28-22-13-9-8-12-21(22)26(29)30/h8-9,12-18,20H,4-7,10-11H2,1-3H3/t18-/m0/s1. The molecule has 0 unspecified atom stereocenters. The van der Waals surface area contributed by atoms with Crippen molar-refractivity contribution in [2.24, 2.45) is 5.10 Å². The molecule has 0 bridgehead atoms. The van der Waals surface area contributed by atoms with Crippen LogP contribution in [0.5, 0.6) is 11.5 Å². The SMILES string of the molecule is CC[C@H](C)Oc1ccc(C=Nn2c(C3CCCCC3)nc3ccccc3c2=O)cc1OC. The van der Waals surface area contributed by atoms with Crippen LogP contribution in [0.25, 0.3) is 10.9 Å². The Labute approximate surface area is 188 Å². The van der Waals surface area contributed by atoms with Crippen LogP contribution in [0, 0.1) is 0 Å². The third-order valence-electron chi connectivity index (χ3n) is 6.16. The first-order chi connectivity index (χ1) is 15.6. The topological polar surface area (TPSA) is 65.7 Å². The molecule has 1 aliphatic rings. The average molecular weight is 434 g/mol. The van der Waals surface area contributed by atoms with Crippen LogP contribution in [0.2, 0.25) is 0 Å². The van der Waals surface area contributed by atoms with Gasteiger partial charge in [-0.1, -0.05) is 38.3 Å². The van der Waals surface area contributed by atoms with Crippen molar-refractivity contribution in [1.29, 1.82) is 0 Å². The van der Waals surface area contributed by atoms with E-state index < -0.39 is 0 Å². The van der Waals surface area contributed by atoms with Crippen molar-refractivity contribution >= 4 is 17.1 Å². The fraction of sp³-hybridized carbons (Fsp3) is 0.423. The predicted molar refractivity (Wildman–Crippen MR) is 128 cm³/mol. The van der Waals surface area contributed by atoms with Gasteiger partial charge >= 0.3 is 0 Å². The molecule has 0 amide bonds. The lowest BCUT2D eigenvalue weighted by Crippen LogP contribution is -2.25. The van der Waals surface area contributed by atoms with Crippen LogP contribution in [0.4, 0.5) is 0 Å². The van der Waals surface area contributed by atoms with Crippen LogP contribution < -0.4 is 15.0 Å². The van der Waals surface area contributed by atoms with Gasteiger partial charge in [-0.2, -0.15) is 9.78 Å². The predicted octanol–water partition coefficient (Wildman–Crippen LogP) is 5.51. The molecule has 6 nitrogen and oxygen atoms in total. The van der Waals surface area contributed by atoms with Gasteiger partial charge < -0.3 is 9.47 Å². The Morgan fingerprint density at radius 2 is 1.94 bits per heavy atom. The van der Waals surface area contributed by atoms with Gasteiger partial charge in [-0.05, 0) is 62.1 Å². The molecule has 0 radical (unpaired) electrons. The van der Waals surface area contributed by atoms with Gasteiger partial charge in [0.05, 0.1) is 30.3 Å². The number of rotatable bonds is 7. The third-order valence-corrected chi connectivity index (χ3v) is 6.16. The molecule has 0 spiro atoms. The molecule has 32 heavy (non-hydrogen) atoms. The summed E-state index contributed by atoms with van der Waals surface area (Å²) < 4.78 is 12.9. The van der Waals surface area contributed by atoms with Gasteiger partial charge in [-0.25, -0.2) is 4.98 Å². The average Bonchev–Trinajstić information content (AvgIpc) is 2.84. The largest absolute Gasteiger partial charge is 0.493 e. The number of hydrogen-bond donors (Lipinski definition) is 0. The summed E-state index contributed by atoms with van der Waals surface area (Å²) in [6.07, 6.45) is 8.34. The van der Waals surface area contributed by atoms with Gasteiger partial charge in [-0.3, -0.25) is 4.79 Å². The Bertz CT molecular complexity index is 1160. The molecule has 0 saturated heterocycles. The number of hydrogen-bond acceptors (Lipinski definition) is 5. The molecule has 2 aromatic carbocycles. The number of fused-ring (bicyclic) bond motifs is 1. The fourth-order valence-corrected chi connectivity index (χ4v) is 4.16. The van der Waals surface area contributed by atoms with E-state index in [0.29, 0.717) is 16.9 Å². The first-order valence-corrected chi connectivity index (χ1v) is 11.5. The van der Waals surface area contributed by atoms with Crippen LogP contribution in [0.3, 0.4) is 0 Å². The van der Waals surface area contributed by atoms with Crippen LogP contribution >= 0.6 is 0 Å². The number of para-hydroxylation sites is 1. The van der Waals surface area contributed by atoms with E-state index in [-0.39, 0.29) is 17.6 Å². The zero-order chi connectivity index (χ0) is 22.5. The fourth-order valence-electron chi connectivity index (χ4n) is 4.16. The van der Waals surface area contributed by atoms with E-state index in [1.807, 2.05) is 49.4 Å². The molecule has 1 atom stereocenters. The molecule has 1 heterocycles. The smallest absolute Gasteiger partial charge is 0.282 e. The molecule has 1 saturated carbocycles. The highest BCUT2D eigenvalue weighted by Crippen LogP contribution is 2.32. The zero-order valence-corrected chi connectivity index (χ0v) is 19.1. The maximum absolute atomic E-state index is 13.3. The van der Waals surface area contributed by atoms with Crippen molar-refractivity contribution in [2.45, 2.75) is 64.4 Å². The van der Waals surface area contributed by atoms with Crippen LogP contribution in [0.15, 0.2) is 52.4 Å². The minimum atomic E-state index is -0.129. The molecule has 4 rings (SSSR count). The summed E-state index contributed by atoms with van der Waals surface area (Å²) in [5.74, 6) is 2.35. The minimum Gasteiger partial charge on any atom is -0.493 e. The first kappa shape index (κ1) is 22.1. The van der Waals surface area contributed by atoms with E-state index in [0.717, 1.165) is 49.0 Å². The lowest BCUT2D eigenvalue weighted by Gasteiger charge is -2.22. The Hall–Kier alpha value is -3.15. The quantitative estimate of drug-likeness (QED) is 0.461. The van der Waals surface area contributed by atoms with E-state index in [2.05, 4.69) is 12.0 Å². The second-order valence-electron chi connectivity index (χ2n) is 8.43. The van der Waals surface area contributed by atoms with E-state index in [9.17, 15) is 4.79 Å². The maximum atomic E-state index is 13.3. The summed E-state index contributed by atoms with van der Waals surface area (Å²) >= 11 is 0. The molecule has 1 fully saturated rings. The molecule has 6 heteroatoms. The highest BCUT2D eigenvalue weighted by molar-refractivity contribution is 5.81. The minimum absolute atomic E-state index is 0.101. The molecule has 1 aliphatic carbocycles. The molecule has 3 aromatic rings. The van der Waals surface area contributed by atoms with Crippen molar-refractivity contribution in [3.8, 4) is 11.5 Å². The van der Waals surface area contributed by atoms with Crippen molar-refractivity contribution in [3.05, 3.63) is 64.2 Å². The number of ether oxygens (including phenoxy) is 2. The van der Waals surface area contributed by atoms with Crippen molar-refractivity contribution in [2.75, 3.05) is 7.11 Å². The summed E-state index contributed by atoms with van der Waals surface area (Å²) in [4.78, 5) is 18.2. The zero-order valence-electron chi connectivity index (χ0n) is 19.1. The lowest BCUT2D eigenvalue weighted by molar-refractivity contribution is 0.207. The molecule has 168 valence electrons. The molecular formula is C26H31N3O3. The summed E-state index contributed by atoms with van der Waals surface area (Å²) in [6, 6.07) is 13.2. The molecule has 1 aromatic heterocycles. The first-order valence-electron chi connectivity index (χ1n) is 11.5. The summed E-state index contributed by atoms with van der Waals surface area (Å²) in [5.41, 5.74) is 1.43. The summed E-state index contributed by atoms with van der Waals surface area (Å²) in [7, 11) is 1.62. The number of methoxy groups -OCH3 is 1. The second-order valence-corrected chi connectivity index (χ2v) is 8.43. The van der Waals surface area contributed by atoms with E-state index in [4.69, 9.17) is 14.5 Å². The van der Waals surface area contributed by atoms with Gasteiger partial charge in [0.2, 0.25) is 0 Å². The Morgan fingerprint density at radius 3 is 2.69 bits per heavy atom. The van der Waals surface area contributed by atoms with E-state index >= 15 is 0 Å². The molecule has 0 N–H and O–H groups in total. The van der Waals surface area contributed by atoms with Gasteiger partial charge in [0.25, 0.3) is 5.56 Å². The third kappa shape index (κ3) is 4.69. The normalized spacial score (nSPS) is 15.8. The Kier molecular flexibility index (Phi) is 6.88. The second kappa shape index (κ2) is 9.98. The highest BCUT2D eigenvalue weighted by Gasteiger charge is 2.22. The van der Waals surface area contributed by atoms with Crippen molar-refractivity contribution < 1.29 is 9.47 Å². The molecule has 0 aliphatic heterocycles. The van der Waals surface area contributed by atoms with Gasteiger partial charge in [0.15, 0.2) is 11.5 Å². The number of aromatic nitrogens is 2. The number of benzene rings is 2. The Morgan fingerprint density at radius 1 is 1.16 bits per heavy atom. The van der Waals surface area contributed by atoms with Crippen molar-refractivity contribution in [3.63, 3.8) is 0 Å².